The van der Waals surface area contributed by atoms with E-state index in [0.29, 0.717) is 5.76 Å². The van der Waals surface area contributed by atoms with Crippen LogP contribution in [0, 0.1) is 13.8 Å². The predicted octanol–water partition coefficient (Wildman–Crippen LogP) is 4.30. The van der Waals surface area contributed by atoms with Crippen molar-refractivity contribution < 1.29 is 9.21 Å². The van der Waals surface area contributed by atoms with Gasteiger partial charge in [0.2, 0.25) is 0 Å². The highest BCUT2D eigenvalue weighted by Gasteiger charge is 2.13. The van der Waals surface area contributed by atoms with Gasteiger partial charge in [-0.2, -0.15) is 0 Å². The molecule has 1 aromatic heterocycles. The molecule has 3 heteroatoms. The second-order valence-electron chi connectivity index (χ2n) is 4.85. The number of hydrogen-bond donors (Lipinski definition) is 1. The van der Waals surface area contributed by atoms with Gasteiger partial charge in [-0.05, 0) is 43.2 Å². The van der Waals surface area contributed by atoms with Crippen LogP contribution in [0.5, 0.6) is 0 Å². The smallest absolute Gasteiger partial charge is 0.291 e. The molecule has 1 heterocycles. The zero-order valence-corrected chi connectivity index (χ0v) is 11.4. The summed E-state index contributed by atoms with van der Waals surface area (Å²) in [4.78, 5) is 12.2. The molecule has 1 amide bonds. The molecular formula is C17H15NO2. The number of aryl methyl sites for hydroxylation is 1. The second-order valence-corrected chi connectivity index (χ2v) is 4.85. The van der Waals surface area contributed by atoms with E-state index < -0.39 is 0 Å². The molecule has 20 heavy (non-hydrogen) atoms. The van der Waals surface area contributed by atoms with Crippen LogP contribution in [0.25, 0.3) is 11.0 Å². The number of rotatable bonds is 2. The lowest BCUT2D eigenvalue weighted by atomic mass is 10.1. The van der Waals surface area contributed by atoms with Gasteiger partial charge in [0.1, 0.15) is 5.58 Å². The molecule has 1 N–H and O–H groups in total. The van der Waals surface area contributed by atoms with Crippen molar-refractivity contribution in [3.05, 3.63) is 65.4 Å². The maximum atomic E-state index is 12.2. The van der Waals surface area contributed by atoms with Crippen LogP contribution in [-0.2, 0) is 0 Å². The summed E-state index contributed by atoms with van der Waals surface area (Å²) in [5, 5.41) is 3.82. The minimum absolute atomic E-state index is 0.227. The number of furan rings is 1. The Morgan fingerprint density at radius 3 is 2.65 bits per heavy atom. The van der Waals surface area contributed by atoms with Gasteiger partial charge in [-0.1, -0.05) is 30.3 Å². The van der Waals surface area contributed by atoms with Gasteiger partial charge in [0.25, 0.3) is 5.91 Å². The molecule has 0 saturated heterocycles. The first kappa shape index (κ1) is 12.5. The molecule has 0 aliphatic rings. The van der Waals surface area contributed by atoms with Gasteiger partial charge >= 0.3 is 0 Å². The first-order chi connectivity index (χ1) is 9.65. The van der Waals surface area contributed by atoms with Crippen molar-refractivity contribution in [2.24, 2.45) is 0 Å². The summed E-state index contributed by atoms with van der Waals surface area (Å²) in [5.74, 6) is 0.0991. The van der Waals surface area contributed by atoms with Crippen LogP contribution in [0.1, 0.15) is 21.7 Å². The van der Waals surface area contributed by atoms with Gasteiger partial charge in [-0.15, -0.1) is 0 Å². The summed E-state index contributed by atoms with van der Waals surface area (Å²) in [7, 11) is 0. The Kier molecular flexibility index (Phi) is 3.03. The number of amides is 1. The van der Waals surface area contributed by atoms with Gasteiger partial charge < -0.3 is 9.73 Å². The van der Waals surface area contributed by atoms with E-state index in [1.165, 1.54) is 0 Å². The van der Waals surface area contributed by atoms with Crippen LogP contribution in [-0.4, -0.2) is 5.91 Å². The van der Waals surface area contributed by atoms with Crippen molar-refractivity contribution in [1.29, 1.82) is 0 Å². The summed E-state index contributed by atoms with van der Waals surface area (Å²) in [6.07, 6.45) is 0. The standard InChI is InChI=1S/C17H15NO2/c1-11-6-5-8-14(12(11)2)18-17(19)16-10-13-7-3-4-9-15(13)20-16/h3-10H,1-2H3,(H,18,19). The van der Waals surface area contributed by atoms with E-state index in [-0.39, 0.29) is 5.91 Å². The molecule has 0 saturated carbocycles. The van der Waals surface area contributed by atoms with E-state index >= 15 is 0 Å². The normalized spacial score (nSPS) is 10.7. The fourth-order valence-electron chi connectivity index (χ4n) is 2.16. The molecule has 2 aromatic carbocycles. The highest BCUT2D eigenvalue weighted by molar-refractivity contribution is 6.05. The molecule has 0 radical (unpaired) electrons. The van der Waals surface area contributed by atoms with Crippen molar-refractivity contribution in [2.75, 3.05) is 5.32 Å². The van der Waals surface area contributed by atoms with E-state index in [4.69, 9.17) is 4.42 Å². The molecule has 0 fully saturated rings. The van der Waals surface area contributed by atoms with Crippen molar-refractivity contribution in [1.82, 2.24) is 0 Å². The average Bonchev–Trinajstić information content (AvgIpc) is 2.88. The second kappa shape index (κ2) is 4.85. The zero-order chi connectivity index (χ0) is 14.1. The van der Waals surface area contributed by atoms with Gasteiger partial charge in [0.15, 0.2) is 5.76 Å². The van der Waals surface area contributed by atoms with Crippen molar-refractivity contribution in [2.45, 2.75) is 13.8 Å². The van der Waals surface area contributed by atoms with Gasteiger partial charge in [0, 0.05) is 11.1 Å². The van der Waals surface area contributed by atoms with Gasteiger partial charge in [0.05, 0.1) is 0 Å². The van der Waals surface area contributed by atoms with Crippen LogP contribution in [0.4, 0.5) is 5.69 Å². The van der Waals surface area contributed by atoms with Crippen LogP contribution >= 0.6 is 0 Å². The Morgan fingerprint density at radius 2 is 1.85 bits per heavy atom. The lowest BCUT2D eigenvalue weighted by Gasteiger charge is -2.08. The summed E-state index contributed by atoms with van der Waals surface area (Å²) in [6.45, 7) is 4.01. The molecule has 0 aliphatic heterocycles. The average molecular weight is 265 g/mol. The van der Waals surface area contributed by atoms with Gasteiger partial charge in [-0.25, -0.2) is 0 Å². The minimum atomic E-state index is -0.227. The number of fused-ring (bicyclic) bond motifs is 1. The van der Waals surface area contributed by atoms with Crippen molar-refractivity contribution >= 4 is 22.6 Å². The minimum Gasteiger partial charge on any atom is -0.451 e. The monoisotopic (exact) mass is 265 g/mol. The zero-order valence-electron chi connectivity index (χ0n) is 11.4. The molecule has 0 spiro atoms. The summed E-state index contributed by atoms with van der Waals surface area (Å²) in [5.41, 5.74) is 3.75. The molecule has 3 rings (SSSR count). The fourth-order valence-corrected chi connectivity index (χ4v) is 2.16. The predicted molar refractivity (Wildman–Crippen MR) is 80.1 cm³/mol. The van der Waals surface area contributed by atoms with E-state index in [1.807, 2.05) is 56.3 Å². The molecule has 0 bridgehead atoms. The maximum absolute atomic E-state index is 12.2. The largest absolute Gasteiger partial charge is 0.451 e. The van der Waals surface area contributed by atoms with Crippen LogP contribution in [0.2, 0.25) is 0 Å². The number of carbonyl (C=O) groups excluding carboxylic acids is 1. The number of nitrogens with one attached hydrogen (secondary N) is 1. The first-order valence-corrected chi connectivity index (χ1v) is 6.51. The quantitative estimate of drug-likeness (QED) is 0.750. The highest BCUT2D eigenvalue weighted by atomic mass is 16.3. The summed E-state index contributed by atoms with van der Waals surface area (Å²) < 4.78 is 5.56. The molecular weight excluding hydrogens is 250 g/mol. The molecule has 3 aromatic rings. The van der Waals surface area contributed by atoms with Crippen LogP contribution in [0.3, 0.4) is 0 Å². The highest BCUT2D eigenvalue weighted by Crippen LogP contribution is 2.22. The van der Waals surface area contributed by atoms with Crippen molar-refractivity contribution in [3.8, 4) is 0 Å². The molecule has 100 valence electrons. The lowest BCUT2D eigenvalue weighted by molar-refractivity contribution is 0.0998. The Labute approximate surface area is 117 Å². The maximum Gasteiger partial charge on any atom is 0.291 e. The number of anilines is 1. The van der Waals surface area contributed by atoms with E-state index in [0.717, 1.165) is 27.8 Å². The summed E-state index contributed by atoms with van der Waals surface area (Å²) >= 11 is 0. The number of hydrogen-bond acceptors (Lipinski definition) is 2. The van der Waals surface area contributed by atoms with Gasteiger partial charge in [-0.3, -0.25) is 4.79 Å². The Bertz CT molecular complexity index is 754. The number of benzene rings is 2. The molecule has 3 nitrogen and oxygen atoms in total. The third kappa shape index (κ3) is 2.18. The Balaban J connectivity index is 1.91. The van der Waals surface area contributed by atoms with Crippen LogP contribution < -0.4 is 5.32 Å². The number of para-hydroxylation sites is 1. The van der Waals surface area contributed by atoms with Crippen molar-refractivity contribution in [3.63, 3.8) is 0 Å². The fraction of sp³-hybridized carbons (Fsp3) is 0.118. The van der Waals surface area contributed by atoms with E-state index in [1.54, 1.807) is 6.07 Å². The number of carbonyl (C=O) groups is 1. The lowest BCUT2D eigenvalue weighted by Crippen LogP contribution is -2.12. The Hall–Kier alpha value is -2.55. The summed E-state index contributed by atoms with van der Waals surface area (Å²) in [6, 6.07) is 15.2. The SMILES string of the molecule is Cc1cccc(NC(=O)c2cc3ccccc3o2)c1C. The third-order valence-electron chi connectivity index (χ3n) is 3.50. The molecule has 0 atom stereocenters. The third-order valence-corrected chi connectivity index (χ3v) is 3.50. The van der Waals surface area contributed by atoms with E-state index in [9.17, 15) is 4.79 Å². The topological polar surface area (TPSA) is 42.2 Å². The first-order valence-electron chi connectivity index (χ1n) is 6.51. The molecule has 0 unspecified atom stereocenters. The van der Waals surface area contributed by atoms with E-state index in [2.05, 4.69) is 5.32 Å². The molecule has 0 aliphatic carbocycles. The Morgan fingerprint density at radius 1 is 1.05 bits per heavy atom. The van der Waals surface area contributed by atoms with Crippen LogP contribution in [0.15, 0.2) is 52.9 Å².